The van der Waals surface area contributed by atoms with Crippen molar-refractivity contribution in [3.63, 3.8) is 0 Å². The average Bonchev–Trinajstić information content (AvgIpc) is 3.80. The van der Waals surface area contributed by atoms with E-state index in [2.05, 4.69) is 223 Å². The number of thiophene rings is 1. The van der Waals surface area contributed by atoms with E-state index < -0.39 is 5.41 Å². The van der Waals surface area contributed by atoms with Gasteiger partial charge in [-0.2, -0.15) is 0 Å². The zero-order valence-electron chi connectivity index (χ0n) is 34.6. The van der Waals surface area contributed by atoms with Crippen molar-refractivity contribution in [3.8, 4) is 67.1 Å². The van der Waals surface area contributed by atoms with E-state index in [1.807, 2.05) is 17.4 Å². The third kappa shape index (κ3) is 4.85. The highest BCUT2D eigenvalue weighted by Crippen LogP contribution is 2.64. The van der Waals surface area contributed by atoms with Crippen molar-refractivity contribution in [2.45, 2.75) is 5.41 Å². The number of hydrogen-bond donors (Lipinski definition) is 0. The van der Waals surface area contributed by atoms with Gasteiger partial charge in [-0.3, -0.25) is 0 Å². The molecular weight excluding hydrogens is 795 g/mol. The molecule has 3 aliphatic rings. The van der Waals surface area contributed by atoms with Crippen LogP contribution in [0.1, 0.15) is 22.3 Å². The standard InChI is InChI=1S/C61H37NOS/c1-2-16-38(17-3-1)62(39-31-34-56-50(36-39)44-21-7-6-20-43(44)47-23-10-14-28-55(47)63-56)40-30-32-46-42-19-5-4-18-41(42)45-22-8-12-26-51(45)61(54(46)37-40)52-27-13-9-24-48(52)59-53(61)33-35-58-60(59)49-25-11-15-29-57(49)64-58/h1-37H. The molecule has 10 aromatic carbocycles. The Morgan fingerprint density at radius 2 is 0.875 bits per heavy atom. The van der Waals surface area contributed by atoms with E-state index in [0.717, 1.165) is 50.8 Å². The maximum Gasteiger partial charge on any atom is 0.135 e. The first kappa shape index (κ1) is 35.6. The highest BCUT2D eigenvalue weighted by molar-refractivity contribution is 7.26. The first-order valence-corrected chi connectivity index (χ1v) is 22.8. The van der Waals surface area contributed by atoms with Crippen LogP contribution in [0.3, 0.4) is 0 Å². The molecule has 0 N–H and O–H groups in total. The number of para-hydroxylation sites is 2. The summed E-state index contributed by atoms with van der Waals surface area (Å²) in [6.45, 7) is 0. The van der Waals surface area contributed by atoms with Crippen LogP contribution in [0.5, 0.6) is 11.5 Å². The molecule has 0 saturated heterocycles. The lowest BCUT2D eigenvalue weighted by molar-refractivity contribution is 0.488. The van der Waals surface area contributed by atoms with E-state index >= 15 is 0 Å². The van der Waals surface area contributed by atoms with Gasteiger partial charge in [0.05, 0.1) is 5.41 Å². The summed E-state index contributed by atoms with van der Waals surface area (Å²) >= 11 is 1.89. The van der Waals surface area contributed by atoms with Gasteiger partial charge in [-0.25, -0.2) is 0 Å². The summed E-state index contributed by atoms with van der Waals surface area (Å²) in [5, 5.41) is 2.66. The summed E-state index contributed by atoms with van der Waals surface area (Å²) in [4.78, 5) is 2.43. The van der Waals surface area contributed by atoms with Crippen LogP contribution in [-0.2, 0) is 5.41 Å². The van der Waals surface area contributed by atoms with Crippen LogP contribution in [0.4, 0.5) is 17.1 Å². The predicted octanol–water partition coefficient (Wildman–Crippen LogP) is 17.0. The van der Waals surface area contributed by atoms with E-state index in [0.29, 0.717) is 0 Å². The second-order valence-corrected chi connectivity index (χ2v) is 18.2. The van der Waals surface area contributed by atoms with Crippen molar-refractivity contribution in [3.05, 3.63) is 247 Å². The van der Waals surface area contributed by atoms with Gasteiger partial charge < -0.3 is 9.64 Å². The molecule has 2 heterocycles. The van der Waals surface area contributed by atoms with Crippen LogP contribution < -0.4 is 9.64 Å². The Balaban J connectivity index is 1.08. The number of anilines is 3. The average molecular weight is 832 g/mol. The van der Waals surface area contributed by atoms with Crippen molar-refractivity contribution in [1.29, 1.82) is 0 Å². The summed E-state index contributed by atoms with van der Waals surface area (Å²) < 4.78 is 9.38. The lowest BCUT2D eigenvalue weighted by atomic mass is 9.65. The summed E-state index contributed by atoms with van der Waals surface area (Å²) in [6.07, 6.45) is 0. The van der Waals surface area contributed by atoms with Gasteiger partial charge in [0.2, 0.25) is 0 Å². The maximum atomic E-state index is 6.75. The fourth-order valence-corrected chi connectivity index (χ4v) is 12.5. The number of hydrogen-bond acceptors (Lipinski definition) is 3. The topological polar surface area (TPSA) is 12.5 Å². The van der Waals surface area contributed by atoms with Gasteiger partial charge in [0, 0.05) is 48.4 Å². The second kappa shape index (κ2) is 13.5. The molecule has 1 aliphatic heterocycles. The van der Waals surface area contributed by atoms with Gasteiger partial charge in [0.15, 0.2) is 0 Å². The summed E-state index contributed by atoms with van der Waals surface area (Å²) in [5.41, 5.74) is 19.9. The molecule has 2 aliphatic carbocycles. The minimum absolute atomic E-state index is 0.640. The zero-order chi connectivity index (χ0) is 41.9. The first-order valence-electron chi connectivity index (χ1n) is 22.0. The van der Waals surface area contributed by atoms with Gasteiger partial charge in [-0.15, -0.1) is 11.3 Å². The number of ether oxygens (including phenoxy) is 1. The lowest BCUT2D eigenvalue weighted by Crippen LogP contribution is -2.29. The van der Waals surface area contributed by atoms with Gasteiger partial charge >= 0.3 is 0 Å². The Morgan fingerprint density at radius 1 is 0.328 bits per heavy atom. The molecule has 1 aromatic heterocycles. The van der Waals surface area contributed by atoms with E-state index in [4.69, 9.17) is 4.74 Å². The lowest BCUT2D eigenvalue weighted by Gasteiger charge is -2.36. The van der Waals surface area contributed by atoms with E-state index in [9.17, 15) is 0 Å². The molecule has 1 unspecified atom stereocenters. The van der Waals surface area contributed by atoms with Crippen molar-refractivity contribution in [2.24, 2.45) is 0 Å². The summed E-state index contributed by atoms with van der Waals surface area (Å²) in [6, 6.07) is 83.0. The number of nitrogens with zero attached hydrogens (tertiary/aromatic N) is 1. The Kier molecular flexibility index (Phi) is 7.51. The van der Waals surface area contributed by atoms with Crippen molar-refractivity contribution in [1.82, 2.24) is 0 Å². The minimum Gasteiger partial charge on any atom is -0.456 e. The molecule has 298 valence electrons. The van der Waals surface area contributed by atoms with Gasteiger partial charge in [-0.1, -0.05) is 164 Å². The van der Waals surface area contributed by atoms with Gasteiger partial charge in [-0.05, 0) is 127 Å². The second-order valence-electron chi connectivity index (χ2n) is 17.1. The molecule has 3 heteroatoms. The Morgan fingerprint density at radius 3 is 1.66 bits per heavy atom. The van der Waals surface area contributed by atoms with E-state index in [1.54, 1.807) is 0 Å². The highest BCUT2D eigenvalue weighted by atomic mass is 32.1. The number of rotatable bonds is 3. The van der Waals surface area contributed by atoms with Crippen LogP contribution >= 0.6 is 11.3 Å². The van der Waals surface area contributed by atoms with Crippen LogP contribution in [0, 0.1) is 0 Å². The summed E-state index contributed by atoms with van der Waals surface area (Å²) in [7, 11) is 0. The predicted molar refractivity (Wildman–Crippen MR) is 267 cm³/mol. The molecule has 0 radical (unpaired) electrons. The third-order valence-corrected chi connectivity index (χ3v) is 15.0. The number of fused-ring (bicyclic) bond motifs is 21. The minimum atomic E-state index is -0.640. The van der Waals surface area contributed by atoms with Crippen LogP contribution in [0.15, 0.2) is 224 Å². The SMILES string of the molecule is c1ccc(N(c2ccc3c(c2)-c2ccccc2-c2ccccc2O3)c2ccc3c(c2)C2(c4ccccc4-c4ccccc4-3)c3ccccc3-c3c2ccc2sc4ccccc4c32)cc1. The molecule has 0 bridgehead atoms. The zero-order valence-corrected chi connectivity index (χ0v) is 35.4. The van der Waals surface area contributed by atoms with Crippen molar-refractivity contribution >= 4 is 48.6 Å². The Hall–Kier alpha value is -7.98. The quantitative estimate of drug-likeness (QED) is 0.176. The molecule has 1 atom stereocenters. The fraction of sp³-hybridized carbons (Fsp3) is 0.0164. The molecule has 0 fully saturated rings. The smallest absolute Gasteiger partial charge is 0.135 e. The van der Waals surface area contributed by atoms with Crippen molar-refractivity contribution in [2.75, 3.05) is 4.90 Å². The molecule has 64 heavy (non-hydrogen) atoms. The van der Waals surface area contributed by atoms with E-state index in [1.165, 1.54) is 75.8 Å². The molecule has 11 aromatic rings. The third-order valence-electron chi connectivity index (χ3n) is 13.9. The van der Waals surface area contributed by atoms with Crippen LogP contribution in [0.25, 0.3) is 75.8 Å². The van der Waals surface area contributed by atoms with Crippen LogP contribution in [0.2, 0.25) is 0 Å². The largest absolute Gasteiger partial charge is 0.456 e. The monoisotopic (exact) mass is 831 g/mol. The molecule has 0 saturated carbocycles. The Bertz CT molecular complexity index is 3730. The molecular formula is C61H37NOS. The van der Waals surface area contributed by atoms with Gasteiger partial charge in [0.1, 0.15) is 11.5 Å². The molecule has 1 spiro atoms. The normalized spacial score (nSPS) is 14.8. The number of benzene rings is 10. The highest BCUT2D eigenvalue weighted by Gasteiger charge is 2.50. The first-order chi connectivity index (χ1) is 31.8. The van der Waals surface area contributed by atoms with Crippen molar-refractivity contribution < 1.29 is 4.74 Å². The van der Waals surface area contributed by atoms with Gasteiger partial charge in [0.25, 0.3) is 0 Å². The van der Waals surface area contributed by atoms with Crippen LogP contribution in [-0.4, -0.2) is 0 Å². The molecule has 14 rings (SSSR count). The fourth-order valence-electron chi connectivity index (χ4n) is 11.4. The molecule has 0 amide bonds. The maximum absolute atomic E-state index is 6.75. The summed E-state index contributed by atoms with van der Waals surface area (Å²) in [5.74, 6) is 1.71. The molecule has 2 nitrogen and oxygen atoms in total. The Labute approximate surface area is 375 Å². The van der Waals surface area contributed by atoms with E-state index in [-0.39, 0.29) is 0 Å².